The Morgan fingerprint density at radius 2 is 1.86 bits per heavy atom. The van der Waals surface area contributed by atoms with E-state index in [2.05, 4.69) is 34.1 Å². The summed E-state index contributed by atoms with van der Waals surface area (Å²) in [6, 6.07) is 9.21. The fourth-order valence-corrected chi connectivity index (χ4v) is 3.55. The standard InChI is InChI=1S/C21H28ClN5O2/c1-16(2)8-9-23-19(28)15-25-10-12-26(13-11-25)18-14-24-27(21(29)20(18)22)17-6-4-3-5-7-17/h3-7,14,16H,8-13,15H2,1-2H3,(H,23,28). The van der Waals surface area contributed by atoms with Crippen molar-refractivity contribution in [2.75, 3.05) is 44.2 Å². The van der Waals surface area contributed by atoms with Crippen molar-refractivity contribution in [3.8, 4) is 5.69 Å². The number of rotatable bonds is 7. The molecular formula is C21H28ClN5O2. The summed E-state index contributed by atoms with van der Waals surface area (Å²) in [5.74, 6) is 0.638. The molecule has 2 heterocycles. The van der Waals surface area contributed by atoms with Gasteiger partial charge in [-0.2, -0.15) is 9.78 Å². The van der Waals surface area contributed by atoms with Crippen molar-refractivity contribution in [2.24, 2.45) is 5.92 Å². The van der Waals surface area contributed by atoms with E-state index in [1.807, 2.05) is 30.3 Å². The molecule has 1 aromatic carbocycles. The number of aromatic nitrogens is 2. The third-order valence-corrected chi connectivity index (χ3v) is 5.38. The van der Waals surface area contributed by atoms with Crippen molar-refractivity contribution >= 4 is 23.2 Å². The first-order chi connectivity index (χ1) is 14.0. The molecule has 3 rings (SSSR count). The second-order valence-corrected chi connectivity index (χ2v) is 8.07. The van der Waals surface area contributed by atoms with Crippen LogP contribution in [0.15, 0.2) is 41.3 Å². The lowest BCUT2D eigenvalue weighted by Gasteiger charge is -2.35. The number of hydrogen-bond donors (Lipinski definition) is 1. The summed E-state index contributed by atoms with van der Waals surface area (Å²) in [4.78, 5) is 28.9. The van der Waals surface area contributed by atoms with Crippen molar-refractivity contribution in [3.63, 3.8) is 0 Å². The highest BCUT2D eigenvalue weighted by Gasteiger charge is 2.22. The lowest BCUT2D eigenvalue weighted by Crippen LogP contribution is -2.50. The van der Waals surface area contributed by atoms with Crippen LogP contribution in [0, 0.1) is 5.92 Å². The molecule has 1 amide bonds. The number of para-hydroxylation sites is 1. The summed E-state index contributed by atoms with van der Waals surface area (Å²) in [6.07, 6.45) is 2.63. The van der Waals surface area contributed by atoms with Crippen molar-refractivity contribution in [2.45, 2.75) is 20.3 Å². The first-order valence-corrected chi connectivity index (χ1v) is 10.4. The average Bonchev–Trinajstić information content (AvgIpc) is 2.71. The molecule has 1 aliphatic rings. The van der Waals surface area contributed by atoms with Crippen molar-refractivity contribution in [1.29, 1.82) is 0 Å². The lowest BCUT2D eigenvalue weighted by atomic mass is 10.1. The molecule has 0 atom stereocenters. The Kier molecular flexibility index (Phi) is 7.28. The summed E-state index contributed by atoms with van der Waals surface area (Å²) in [6.45, 7) is 8.24. The van der Waals surface area contributed by atoms with Gasteiger partial charge in [0.25, 0.3) is 5.56 Å². The first kappa shape index (κ1) is 21.3. The molecule has 1 N–H and O–H groups in total. The molecule has 8 heteroatoms. The molecule has 1 aliphatic heterocycles. The quantitative estimate of drug-likeness (QED) is 0.747. The van der Waals surface area contributed by atoms with Gasteiger partial charge in [-0.3, -0.25) is 14.5 Å². The number of piperazine rings is 1. The monoisotopic (exact) mass is 417 g/mol. The molecule has 1 fully saturated rings. The van der Waals surface area contributed by atoms with E-state index < -0.39 is 0 Å². The zero-order valence-corrected chi connectivity index (χ0v) is 17.7. The number of nitrogens with zero attached hydrogens (tertiary/aromatic N) is 4. The second-order valence-electron chi connectivity index (χ2n) is 7.69. The summed E-state index contributed by atoms with van der Waals surface area (Å²) >= 11 is 6.39. The van der Waals surface area contributed by atoms with Crippen LogP contribution in [0.1, 0.15) is 20.3 Å². The first-order valence-electron chi connectivity index (χ1n) is 10.0. The van der Waals surface area contributed by atoms with Crippen LogP contribution in [0.3, 0.4) is 0 Å². The largest absolute Gasteiger partial charge is 0.366 e. The highest BCUT2D eigenvalue weighted by molar-refractivity contribution is 6.33. The summed E-state index contributed by atoms with van der Waals surface area (Å²) in [5, 5.41) is 7.44. The Bertz CT molecular complexity index is 876. The Hall–Kier alpha value is -2.38. The molecule has 1 saturated heterocycles. The number of anilines is 1. The SMILES string of the molecule is CC(C)CCNC(=O)CN1CCN(c2cnn(-c3ccccc3)c(=O)c2Cl)CC1. The van der Waals surface area contributed by atoms with E-state index in [-0.39, 0.29) is 16.5 Å². The maximum atomic E-state index is 12.7. The van der Waals surface area contributed by atoms with Crippen LogP contribution in [0.2, 0.25) is 5.02 Å². The molecule has 156 valence electrons. The molecule has 0 bridgehead atoms. The molecule has 29 heavy (non-hydrogen) atoms. The van der Waals surface area contributed by atoms with E-state index in [0.29, 0.717) is 36.9 Å². The fourth-order valence-electron chi connectivity index (χ4n) is 3.30. The Morgan fingerprint density at radius 3 is 2.52 bits per heavy atom. The van der Waals surface area contributed by atoms with E-state index >= 15 is 0 Å². The fraction of sp³-hybridized carbons (Fsp3) is 0.476. The summed E-state index contributed by atoms with van der Waals surface area (Å²) < 4.78 is 1.31. The molecule has 0 unspecified atom stereocenters. The van der Waals surface area contributed by atoms with Gasteiger partial charge in [0.2, 0.25) is 5.91 Å². The maximum Gasteiger partial charge on any atom is 0.292 e. The Balaban J connectivity index is 1.58. The van der Waals surface area contributed by atoms with E-state index in [0.717, 1.165) is 26.1 Å². The molecule has 2 aromatic rings. The van der Waals surface area contributed by atoms with Crippen LogP contribution < -0.4 is 15.8 Å². The number of carbonyl (C=O) groups is 1. The second kappa shape index (κ2) is 9.89. The van der Waals surface area contributed by atoms with Gasteiger partial charge in [0.1, 0.15) is 5.02 Å². The predicted molar refractivity (Wildman–Crippen MR) is 116 cm³/mol. The minimum absolute atomic E-state index is 0.0595. The zero-order chi connectivity index (χ0) is 20.8. The van der Waals surface area contributed by atoms with Gasteiger partial charge in [0.05, 0.1) is 24.1 Å². The van der Waals surface area contributed by atoms with Gasteiger partial charge >= 0.3 is 0 Å². The number of halogens is 1. The molecular weight excluding hydrogens is 390 g/mol. The van der Waals surface area contributed by atoms with Crippen molar-refractivity contribution in [1.82, 2.24) is 20.0 Å². The minimum atomic E-state index is -0.331. The van der Waals surface area contributed by atoms with Gasteiger partial charge in [-0.25, -0.2) is 0 Å². The normalized spacial score (nSPS) is 15.0. The average molecular weight is 418 g/mol. The maximum absolute atomic E-state index is 12.7. The van der Waals surface area contributed by atoms with Gasteiger partial charge in [0, 0.05) is 32.7 Å². The number of hydrogen-bond acceptors (Lipinski definition) is 5. The third-order valence-electron chi connectivity index (χ3n) is 5.03. The zero-order valence-electron chi connectivity index (χ0n) is 17.0. The van der Waals surface area contributed by atoms with Gasteiger partial charge in [-0.1, -0.05) is 43.6 Å². The molecule has 0 saturated carbocycles. The molecule has 7 nitrogen and oxygen atoms in total. The van der Waals surface area contributed by atoms with E-state index in [1.165, 1.54) is 4.68 Å². The van der Waals surface area contributed by atoms with E-state index in [4.69, 9.17) is 11.6 Å². The third kappa shape index (κ3) is 5.58. The van der Waals surface area contributed by atoms with Gasteiger partial charge in [0.15, 0.2) is 0 Å². The van der Waals surface area contributed by atoms with Crippen LogP contribution in [0.25, 0.3) is 5.69 Å². The number of amides is 1. The smallest absolute Gasteiger partial charge is 0.292 e. The molecule has 0 spiro atoms. The van der Waals surface area contributed by atoms with Gasteiger partial charge in [-0.05, 0) is 24.5 Å². The van der Waals surface area contributed by atoms with E-state index in [1.54, 1.807) is 6.20 Å². The Morgan fingerprint density at radius 1 is 1.17 bits per heavy atom. The van der Waals surface area contributed by atoms with Crippen LogP contribution in [-0.4, -0.2) is 59.9 Å². The van der Waals surface area contributed by atoms with Gasteiger partial charge < -0.3 is 10.2 Å². The van der Waals surface area contributed by atoms with Crippen molar-refractivity contribution < 1.29 is 4.79 Å². The predicted octanol–water partition coefficient (Wildman–Crippen LogP) is 2.17. The summed E-state index contributed by atoms with van der Waals surface area (Å²) in [7, 11) is 0. The highest BCUT2D eigenvalue weighted by atomic mass is 35.5. The highest BCUT2D eigenvalue weighted by Crippen LogP contribution is 2.23. The van der Waals surface area contributed by atoms with Crippen LogP contribution >= 0.6 is 11.6 Å². The van der Waals surface area contributed by atoms with Crippen molar-refractivity contribution in [3.05, 3.63) is 51.9 Å². The van der Waals surface area contributed by atoms with Crippen LogP contribution in [0.4, 0.5) is 5.69 Å². The Labute approximate surface area is 176 Å². The number of benzene rings is 1. The summed E-state index contributed by atoms with van der Waals surface area (Å²) in [5.41, 5.74) is 0.992. The van der Waals surface area contributed by atoms with Crippen LogP contribution in [-0.2, 0) is 4.79 Å². The molecule has 1 aromatic heterocycles. The minimum Gasteiger partial charge on any atom is -0.366 e. The topological polar surface area (TPSA) is 70.5 Å². The lowest BCUT2D eigenvalue weighted by molar-refractivity contribution is -0.122. The molecule has 0 radical (unpaired) electrons. The van der Waals surface area contributed by atoms with Crippen LogP contribution in [0.5, 0.6) is 0 Å². The number of nitrogens with one attached hydrogen (secondary N) is 1. The van der Waals surface area contributed by atoms with E-state index in [9.17, 15) is 9.59 Å². The molecule has 0 aliphatic carbocycles. The number of carbonyl (C=O) groups excluding carboxylic acids is 1. The van der Waals surface area contributed by atoms with Gasteiger partial charge in [-0.15, -0.1) is 0 Å².